The minimum atomic E-state index is -0.309. The highest BCUT2D eigenvalue weighted by Gasteiger charge is 2.34. The molecule has 1 fully saturated rings. The van der Waals surface area contributed by atoms with Gasteiger partial charge in [-0.25, -0.2) is 4.90 Å². The van der Waals surface area contributed by atoms with Crippen LogP contribution in [0.5, 0.6) is 0 Å². The number of amides is 2. The number of hydrogen-bond donors (Lipinski definition) is 0. The first-order valence-electron chi connectivity index (χ1n) is 5.01. The summed E-state index contributed by atoms with van der Waals surface area (Å²) in [6, 6.07) is 4.64. The molecule has 2 amide bonds. The van der Waals surface area contributed by atoms with Gasteiger partial charge in [-0.1, -0.05) is 29.3 Å². The van der Waals surface area contributed by atoms with E-state index in [0.29, 0.717) is 21.3 Å². The van der Waals surface area contributed by atoms with Crippen LogP contribution < -0.4 is 4.90 Å². The van der Waals surface area contributed by atoms with Crippen LogP contribution in [0.4, 0.5) is 5.69 Å². The molecule has 2 rings (SSSR count). The lowest BCUT2D eigenvalue weighted by Gasteiger charge is -2.14. The van der Waals surface area contributed by atoms with Crippen molar-refractivity contribution < 1.29 is 9.59 Å². The molecule has 1 aliphatic heterocycles. The van der Waals surface area contributed by atoms with Crippen LogP contribution >= 0.6 is 23.2 Å². The van der Waals surface area contributed by atoms with E-state index >= 15 is 0 Å². The summed E-state index contributed by atoms with van der Waals surface area (Å²) in [5, 5.41) is 0.782. The third-order valence-corrected chi connectivity index (χ3v) is 2.96. The predicted octanol–water partition coefficient (Wildman–Crippen LogP) is 3.20. The molecule has 1 aromatic rings. The highest BCUT2D eigenvalue weighted by atomic mass is 35.5. The molecule has 0 atom stereocenters. The quantitative estimate of drug-likeness (QED) is 0.580. The average Bonchev–Trinajstić information content (AvgIpc) is 2.52. The van der Waals surface area contributed by atoms with E-state index in [1.54, 1.807) is 31.2 Å². The van der Waals surface area contributed by atoms with Crippen LogP contribution in [0.25, 0.3) is 0 Å². The van der Waals surface area contributed by atoms with Crippen molar-refractivity contribution >= 4 is 40.7 Å². The van der Waals surface area contributed by atoms with Gasteiger partial charge >= 0.3 is 0 Å². The van der Waals surface area contributed by atoms with Crippen LogP contribution in [0.1, 0.15) is 13.3 Å². The van der Waals surface area contributed by atoms with E-state index in [1.807, 2.05) is 0 Å². The SMILES string of the molecule is C/C=C1/CC(=O)N(c2cc(Cl)cc(Cl)c2)C1=O. The zero-order valence-corrected chi connectivity index (χ0v) is 10.5. The lowest BCUT2D eigenvalue weighted by atomic mass is 10.2. The van der Waals surface area contributed by atoms with Gasteiger partial charge in [-0.05, 0) is 25.1 Å². The Bertz CT molecular complexity index is 517. The van der Waals surface area contributed by atoms with Gasteiger partial charge in [-0.2, -0.15) is 0 Å². The molecule has 0 aromatic heterocycles. The molecule has 5 heteroatoms. The lowest BCUT2D eigenvalue weighted by molar-refractivity contribution is -0.120. The number of carbonyl (C=O) groups excluding carboxylic acids is 2. The first-order valence-corrected chi connectivity index (χ1v) is 5.77. The van der Waals surface area contributed by atoms with Crippen molar-refractivity contribution in [2.45, 2.75) is 13.3 Å². The fourth-order valence-electron chi connectivity index (χ4n) is 1.73. The Morgan fingerprint density at radius 2 is 1.76 bits per heavy atom. The molecule has 3 nitrogen and oxygen atoms in total. The minimum Gasteiger partial charge on any atom is -0.274 e. The van der Waals surface area contributed by atoms with Crippen LogP contribution in [0.2, 0.25) is 10.0 Å². The maximum atomic E-state index is 11.9. The van der Waals surface area contributed by atoms with Gasteiger partial charge in [0.05, 0.1) is 12.1 Å². The smallest absolute Gasteiger partial charge is 0.261 e. The molecule has 0 aliphatic carbocycles. The number of imide groups is 1. The van der Waals surface area contributed by atoms with Gasteiger partial charge < -0.3 is 0 Å². The number of halogens is 2. The van der Waals surface area contributed by atoms with Gasteiger partial charge in [-0.15, -0.1) is 0 Å². The first kappa shape index (κ1) is 12.1. The average molecular weight is 270 g/mol. The minimum absolute atomic E-state index is 0.124. The van der Waals surface area contributed by atoms with E-state index in [-0.39, 0.29) is 18.2 Å². The summed E-state index contributed by atoms with van der Waals surface area (Å²) in [5.74, 6) is -0.572. The summed E-state index contributed by atoms with van der Waals surface area (Å²) in [7, 11) is 0. The number of carbonyl (C=O) groups is 2. The highest BCUT2D eigenvalue weighted by Crippen LogP contribution is 2.30. The monoisotopic (exact) mass is 269 g/mol. The Labute approximate surface area is 109 Å². The molecule has 1 aliphatic rings. The summed E-state index contributed by atoms with van der Waals surface area (Å²) in [6.07, 6.45) is 1.77. The topological polar surface area (TPSA) is 37.4 Å². The van der Waals surface area contributed by atoms with Gasteiger partial charge in [0, 0.05) is 15.6 Å². The second-order valence-electron chi connectivity index (χ2n) is 3.65. The normalized spacial score (nSPS) is 18.3. The zero-order valence-electron chi connectivity index (χ0n) is 9.04. The number of hydrogen-bond acceptors (Lipinski definition) is 2. The predicted molar refractivity (Wildman–Crippen MR) is 67.3 cm³/mol. The largest absolute Gasteiger partial charge is 0.274 e. The van der Waals surface area contributed by atoms with E-state index in [2.05, 4.69) is 0 Å². The van der Waals surface area contributed by atoms with Gasteiger partial charge in [0.25, 0.3) is 5.91 Å². The van der Waals surface area contributed by atoms with Gasteiger partial charge in [-0.3, -0.25) is 9.59 Å². The second kappa shape index (κ2) is 4.51. The maximum absolute atomic E-state index is 11.9. The molecule has 0 bridgehead atoms. The Morgan fingerprint density at radius 1 is 1.18 bits per heavy atom. The van der Waals surface area contributed by atoms with E-state index < -0.39 is 0 Å². The molecule has 0 spiro atoms. The second-order valence-corrected chi connectivity index (χ2v) is 4.53. The zero-order chi connectivity index (χ0) is 12.6. The molecule has 0 unspecified atom stereocenters. The molecule has 0 saturated carbocycles. The highest BCUT2D eigenvalue weighted by molar-refractivity contribution is 6.36. The van der Waals surface area contributed by atoms with E-state index in [1.165, 1.54) is 0 Å². The van der Waals surface area contributed by atoms with E-state index in [4.69, 9.17) is 23.2 Å². The summed E-state index contributed by atoms with van der Waals surface area (Å²) in [4.78, 5) is 24.8. The number of allylic oxidation sites excluding steroid dienone is 1. The number of rotatable bonds is 1. The third kappa shape index (κ3) is 2.21. The standard InChI is InChI=1S/C12H9Cl2NO2/c1-2-7-3-11(16)15(12(7)17)10-5-8(13)4-9(14)6-10/h2,4-6H,3H2,1H3/b7-2-. The van der Waals surface area contributed by atoms with Crippen LogP contribution in [-0.4, -0.2) is 11.8 Å². The molecule has 0 N–H and O–H groups in total. The summed E-state index contributed by atoms with van der Waals surface area (Å²) < 4.78 is 0. The number of nitrogens with zero attached hydrogens (tertiary/aromatic N) is 1. The Hall–Kier alpha value is -1.32. The van der Waals surface area contributed by atoms with Crippen LogP contribution in [0.15, 0.2) is 29.8 Å². The third-order valence-electron chi connectivity index (χ3n) is 2.52. The molecule has 0 radical (unpaired) electrons. The lowest BCUT2D eigenvalue weighted by Crippen LogP contribution is -2.28. The van der Waals surface area contributed by atoms with Gasteiger partial charge in [0.1, 0.15) is 0 Å². The van der Waals surface area contributed by atoms with Crippen molar-refractivity contribution in [3.8, 4) is 0 Å². The Balaban J connectivity index is 2.47. The summed E-state index contributed by atoms with van der Waals surface area (Å²) in [6.45, 7) is 1.73. The van der Waals surface area contributed by atoms with Crippen LogP contribution in [-0.2, 0) is 9.59 Å². The fourth-order valence-corrected chi connectivity index (χ4v) is 2.24. The Kier molecular flexibility index (Phi) is 3.22. The summed E-state index contributed by atoms with van der Waals surface area (Å²) >= 11 is 11.7. The Morgan fingerprint density at radius 3 is 2.24 bits per heavy atom. The van der Waals surface area contributed by atoms with Crippen molar-refractivity contribution in [1.29, 1.82) is 0 Å². The number of anilines is 1. The van der Waals surface area contributed by atoms with Crippen molar-refractivity contribution in [1.82, 2.24) is 0 Å². The molecule has 1 saturated heterocycles. The van der Waals surface area contributed by atoms with Crippen molar-refractivity contribution in [3.05, 3.63) is 39.9 Å². The van der Waals surface area contributed by atoms with Crippen molar-refractivity contribution in [2.75, 3.05) is 4.90 Å². The van der Waals surface area contributed by atoms with Crippen LogP contribution in [0.3, 0.4) is 0 Å². The molecule has 88 valence electrons. The van der Waals surface area contributed by atoms with Crippen LogP contribution in [0, 0.1) is 0 Å². The van der Waals surface area contributed by atoms with Crippen molar-refractivity contribution in [2.24, 2.45) is 0 Å². The molecule has 1 heterocycles. The van der Waals surface area contributed by atoms with E-state index in [9.17, 15) is 9.59 Å². The first-order chi connectivity index (χ1) is 8.02. The van der Waals surface area contributed by atoms with Crippen molar-refractivity contribution in [3.63, 3.8) is 0 Å². The maximum Gasteiger partial charge on any atom is 0.261 e. The molecule has 17 heavy (non-hydrogen) atoms. The molecular formula is C12H9Cl2NO2. The number of benzene rings is 1. The van der Waals surface area contributed by atoms with Gasteiger partial charge in [0.15, 0.2) is 0 Å². The fraction of sp³-hybridized carbons (Fsp3) is 0.167. The molecular weight excluding hydrogens is 261 g/mol. The van der Waals surface area contributed by atoms with E-state index in [0.717, 1.165) is 4.90 Å². The van der Waals surface area contributed by atoms with Gasteiger partial charge in [0.2, 0.25) is 5.91 Å². The summed E-state index contributed by atoms with van der Waals surface area (Å²) in [5.41, 5.74) is 0.903. The molecule has 1 aromatic carbocycles.